The maximum Gasteiger partial charge on any atom is 0.185 e. The fourth-order valence-electron chi connectivity index (χ4n) is 3.81. The molecule has 1 heterocycles. The summed E-state index contributed by atoms with van der Waals surface area (Å²) in [5, 5.41) is 20.7. The highest BCUT2D eigenvalue weighted by Gasteiger charge is 2.56. The van der Waals surface area contributed by atoms with Crippen LogP contribution in [0.15, 0.2) is 0 Å². The third-order valence-electron chi connectivity index (χ3n) is 4.99. The summed E-state index contributed by atoms with van der Waals surface area (Å²) in [6.45, 7) is 0. The monoisotopic (exact) mass is 256 g/mol. The highest BCUT2D eigenvalue weighted by Crippen LogP contribution is 2.47. The van der Waals surface area contributed by atoms with Crippen LogP contribution in [-0.2, 0) is 9.47 Å². The summed E-state index contributed by atoms with van der Waals surface area (Å²) < 4.78 is 11.8. The van der Waals surface area contributed by atoms with Gasteiger partial charge >= 0.3 is 0 Å². The van der Waals surface area contributed by atoms with Crippen molar-refractivity contribution in [1.29, 1.82) is 0 Å². The molecule has 3 aliphatic rings. The van der Waals surface area contributed by atoms with Gasteiger partial charge in [-0.05, 0) is 25.7 Å². The van der Waals surface area contributed by atoms with Crippen LogP contribution in [-0.4, -0.2) is 34.0 Å². The molecule has 2 aliphatic carbocycles. The molecule has 0 aromatic heterocycles. The lowest BCUT2D eigenvalue weighted by Crippen LogP contribution is -2.64. The molecule has 3 rings (SSSR count). The van der Waals surface area contributed by atoms with Gasteiger partial charge in [0.2, 0.25) is 0 Å². The van der Waals surface area contributed by atoms with Gasteiger partial charge in [0, 0.05) is 0 Å². The van der Waals surface area contributed by atoms with Gasteiger partial charge in [-0.15, -0.1) is 0 Å². The molecule has 2 unspecified atom stereocenters. The average Bonchev–Trinajstić information content (AvgIpc) is 2.39. The van der Waals surface area contributed by atoms with E-state index in [4.69, 9.17) is 9.47 Å². The topological polar surface area (TPSA) is 58.9 Å². The molecule has 2 N–H and O–H groups in total. The number of hydrogen-bond donors (Lipinski definition) is 2. The number of rotatable bonds is 0. The van der Waals surface area contributed by atoms with Gasteiger partial charge in [0.05, 0.1) is 0 Å². The van der Waals surface area contributed by atoms with Gasteiger partial charge in [-0.1, -0.05) is 38.5 Å². The molecule has 4 nitrogen and oxygen atoms in total. The Labute approximate surface area is 108 Å². The van der Waals surface area contributed by atoms with Crippen LogP contribution in [0.2, 0.25) is 0 Å². The largest absolute Gasteiger partial charge is 0.366 e. The minimum Gasteiger partial charge on any atom is -0.366 e. The van der Waals surface area contributed by atoms with Crippen molar-refractivity contribution in [3.63, 3.8) is 0 Å². The average molecular weight is 256 g/mol. The van der Waals surface area contributed by atoms with Crippen LogP contribution in [0, 0.1) is 0 Å². The zero-order valence-corrected chi connectivity index (χ0v) is 10.9. The molecule has 0 radical (unpaired) electrons. The summed E-state index contributed by atoms with van der Waals surface area (Å²) in [7, 11) is 0. The SMILES string of the molecule is OC1OC2(CCCCC2)C(O)OC12CCCCC2. The quantitative estimate of drug-likeness (QED) is 0.696. The molecule has 4 heteroatoms. The molecule has 1 aliphatic heterocycles. The van der Waals surface area contributed by atoms with Gasteiger partial charge in [-0.25, -0.2) is 0 Å². The highest BCUT2D eigenvalue weighted by molar-refractivity contribution is 4.98. The minimum absolute atomic E-state index is 0.652. The van der Waals surface area contributed by atoms with Crippen LogP contribution in [0.5, 0.6) is 0 Å². The number of hydrogen-bond acceptors (Lipinski definition) is 4. The van der Waals surface area contributed by atoms with Crippen LogP contribution in [0.25, 0.3) is 0 Å². The van der Waals surface area contributed by atoms with Crippen LogP contribution >= 0.6 is 0 Å². The standard InChI is InChI=1S/C14H24O4/c15-11-13(7-3-1-4-8-13)17-12(16)14(18-11)9-5-2-6-10-14/h11-12,15-16H,1-10H2. The number of ether oxygens (including phenoxy) is 2. The molecule has 104 valence electrons. The Balaban J connectivity index is 1.77. The summed E-state index contributed by atoms with van der Waals surface area (Å²) in [5.41, 5.74) is -1.30. The Morgan fingerprint density at radius 1 is 0.611 bits per heavy atom. The van der Waals surface area contributed by atoms with Crippen molar-refractivity contribution >= 4 is 0 Å². The van der Waals surface area contributed by atoms with Crippen molar-refractivity contribution in [3.05, 3.63) is 0 Å². The molecule has 18 heavy (non-hydrogen) atoms. The van der Waals surface area contributed by atoms with E-state index in [9.17, 15) is 10.2 Å². The fraction of sp³-hybridized carbons (Fsp3) is 1.00. The first kappa shape index (κ1) is 12.9. The number of aliphatic hydroxyl groups excluding tert-OH is 2. The van der Waals surface area contributed by atoms with E-state index in [1.54, 1.807) is 0 Å². The molecular formula is C14H24O4. The predicted molar refractivity (Wildman–Crippen MR) is 65.8 cm³/mol. The molecular weight excluding hydrogens is 232 g/mol. The molecule has 2 atom stereocenters. The Hall–Kier alpha value is -0.160. The minimum atomic E-state index is -0.876. The normalized spacial score (nSPS) is 39.0. The Morgan fingerprint density at radius 3 is 1.28 bits per heavy atom. The number of aliphatic hydroxyl groups is 2. The van der Waals surface area contributed by atoms with E-state index in [0.29, 0.717) is 0 Å². The molecule has 0 amide bonds. The third-order valence-corrected chi connectivity index (χ3v) is 4.99. The van der Waals surface area contributed by atoms with Gasteiger partial charge in [0.1, 0.15) is 11.2 Å². The van der Waals surface area contributed by atoms with Crippen LogP contribution in [0.1, 0.15) is 64.2 Å². The fourth-order valence-corrected chi connectivity index (χ4v) is 3.81. The Morgan fingerprint density at radius 2 is 0.944 bits per heavy atom. The van der Waals surface area contributed by atoms with Crippen LogP contribution < -0.4 is 0 Å². The second-order valence-corrected chi connectivity index (χ2v) is 6.19. The lowest BCUT2D eigenvalue weighted by molar-refractivity contribution is -0.412. The van der Waals surface area contributed by atoms with Gasteiger partial charge in [0.25, 0.3) is 0 Å². The van der Waals surface area contributed by atoms with Crippen molar-refractivity contribution in [2.24, 2.45) is 0 Å². The molecule has 0 aromatic carbocycles. The summed E-state index contributed by atoms with van der Waals surface area (Å²) in [6.07, 6.45) is 7.95. The van der Waals surface area contributed by atoms with E-state index in [1.165, 1.54) is 12.8 Å². The lowest BCUT2D eigenvalue weighted by atomic mass is 9.79. The van der Waals surface area contributed by atoms with Gasteiger partial charge < -0.3 is 19.7 Å². The van der Waals surface area contributed by atoms with Crippen molar-refractivity contribution in [2.75, 3.05) is 0 Å². The van der Waals surface area contributed by atoms with E-state index >= 15 is 0 Å². The van der Waals surface area contributed by atoms with Crippen molar-refractivity contribution in [3.8, 4) is 0 Å². The first-order valence-corrected chi connectivity index (χ1v) is 7.39. The van der Waals surface area contributed by atoms with E-state index in [-0.39, 0.29) is 0 Å². The smallest absolute Gasteiger partial charge is 0.185 e. The third kappa shape index (κ3) is 1.99. The van der Waals surface area contributed by atoms with E-state index in [2.05, 4.69) is 0 Å². The maximum absolute atomic E-state index is 10.4. The summed E-state index contributed by atoms with van der Waals surface area (Å²) in [4.78, 5) is 0. The van der Waals surface area contributed by atoms with Gasteiger partial charge in [0.15, 0.2) is 12.6 Å². The Kier molecular flexibility index (Phi) is 3.39. The molecule has 0 bridgehead atoms. The highest BCUT2D eigenvalue weighted by atomic mass is 16.7. The summed E-state index contributed by atoms with van der Waals surface area (Å²) >= 11 is 0. The predicted octanol–water partition coefficient (Wildman–Crippen LogP) is 2.08. The van der Waals surface area contributed by atoms with E-state index in [0.717, 1.165) is 51.4 Å². The molecule has 2 saturated carbocycles. The summed E-state index contributed by atoms with van der Waals surface area (Å²) in [5.74, 6) is 0. The first-order chi connectivity index (χ1) is 8.67. The zero-order valence-electron chi connectivity index (χ0n) is 10.9. The van der Waals surface area contributed by atoms with Crippen molar-refractivity contribution in [2.45, 2.75) is 88.0 Å². The van der Waals surface area contributed by atoms with Crippen LogP contribution in [0.3, 0.4) is 0 Å². The zero-order chi connectivity index (χ0) is 12.6. The Bertz CT molecular complexity index is 262. The van der Waals surface area contributed by atoms with Crippen molar-refractivity contribution < 1.29 is 19.7 Å². The molecule has 2 spiro atoms. The molecule has 0 aromatic rings. The second-order valence-electron chi connectivity index (χ2n) is 6.19. The van der Waals surface area contributed by atoms with Crippen molar-refractivity contribution in [1.82, 2.24) is 0 Å². The molecule has 1 saturated heterocycles. The van der Waals surface area contributed by atoms with Gasteiger partial charge in [-0.2, -0.15) is 0 Å². The van der Waals surface area contributed by atoms with E-state index in [1.807, 2.05) is 0 Å². The molecule has 3 fully saturated rings. The van der Waals surface area contributed by atoms with E-state index < -0.39 is 23.8 Å². The maximum atomic E-state index is 10.4. The van der Waals surface area contributed by atoms with Crippen LogP contribution in [0.4, 0.5) is 0 Å². The first-order valence-electron chi connectivity index (χ1n) is 7.39. The second kappa shape index (κ2) is 4.75. The van der Waals surface area contributed by atoms with Gasteiger partial charge in [-0.3, -0.25) is 0 Å². The lowest BCUT2D eigenvalue weighted by Gasteiger charge is -2.54. The summed E-state index contributed by atoms with van der Waals surface area (Å²) in [6, 6.07) is 0.